The second-order valence-corrected chi connectivity index (χ2v) is 6.82. The molecule has 3 nitrogen and oxygen atoms in total. The second kappa shape index (κ2) is 5.59. The molecule has 3 rings (SSSR count). The molecular formula is C15H12Br2N2OS. The standard InChI is InChI=1S/C15H12Br2N2OS/c1-8-3-4-11-13(5-8)19(15(21)18-11)12-7-14(20-2)10(17)6-9(12)16/h3-7H,1-2H3,(H,18,21). The molecule has 0 saturated heterocycles. The third-order valence-electron chi connectivity index (χ3n) is 3.30. The minimum Gasteiger partial charge on any atom is -0.495 e. The van der Waals surface area contributed by atoms with Crippen LogP contribution in [0, 0.1) is 11.7 Å². The van der Waals surface area contributed by atoms with E-state index in [-0.39, 0.29) is 0 Å². The molecule has 0 aliphatic carbocycles. The summed E-state index contributed by atoms with van der Waals surface area (Å²) in [5, 5.41) is 0. The quantitative estimate of drug-likeness (QED) is 0.545. The molecule has 3 aromatic rings. The van der Waals surface area contributed by atoms with Gasteiger partial charge >= 0.3 is 0 Å². The Morgan fingerprint density at radius 1 is 1.14 bits per heavy atom. The summed E-state index contributed by atoms with van der Waals surface area (Å²) in [7, 11) is 1.65. The lowest BCUT2D eigenvalue weighted by Gasteiger charge is -2.11. The fourth-order valence-corrected chi connectivity index (χ4v) is 3.94. The molecule has 6 heteroatoms. The Kier molecular flexibility index (Phi) is 3.94. The summed E-state index contributed by atoms with van der Waals surface area (Å²) < 4.78 is 9.88. The molecule has 0 unspecified atom stereocenters. The molecule has 0 fully saturated rings. The Morgan fingerprint density at radius 2 is 1.90 bits per heavy atom. The van der Waals surface area contributed by atoms with Gasteiger partial charge in [0.05, 0.1) is 28.3 Å². The summed E-state index contributed by atoms with van der Waals surface area (Å²) in [6.45, 7) is 2.07. The highest BCUT2D eigenvalue weighted by molar-refractivity contribution is 9.11. The first-order valence-corrected chi connectivity index (χ1v) is 8.25. The third-order valence-corrected chi connectivity index (χ3v) is 4.84. The van der Waals surface area contributed by atoms with Crippen LogP contribution in [-0.4, -0.2) is 16.7 Å². The molecule has 1 aromatic heterocycles. The van der Waals surface area contributed by atoms with Gasteiger partial charge in [0.2, 0.25) is 0 Å². The van der Waals surface area contributed by atoms with Crippen molar-refractivity contribution in [2.45, 2.75) is 6.92 Å². The SMILES string of the molecule is COc1cc(-n2c(=S)[nH]c3ccc(C)cc32)c(Br)cc1Br. The van der Waals surface area contributed by atoms with Crippen molar-refractivity contribution in [3.05, 3.63) is 49.6 Å². The highest BCUT2D eigenvalue weighted by atomic mass is 79.9. The Balaban J connectivity index is 2.37. The van der Waals surface area contributed by atoms with E-state index < -0.39 is 0 Å². The predicted octanol–water partition coefficient (Wildman–Crippen LogP) is 5.53. The van der Waals surface area contributed by atoms with E-state index in [1.54, 1.807) is 7.11 Å². The number of nitrogens with one attached hydrogen (secondary N) is 1. The number of imidazole rings is 1. The largest absolute Gasteiger partial charge is 0.495 e. The van der Waals surface area contributed by atoms with Crippen molar-refractivity contribution in [1.29, 1.82) is 0 Å². The minimum absolute atomic E-state index is 0.653. The molecule has 0 atom stereocenters. The Labute approximate surface area is 144 Å². The van der Waals surface area contributed by atoms with Gasteiger partial charge in [-0.25, -0.2) is 0 Å². The number of H-pyrrole nitrogens is 1. The maximum absolute atomic E-state index is 5.48. The van der Waals surface area contributed by atoms with E-state index in [1.807, 2.05) is 22.8 Å². The summed E-state index contributed by atoms with van der Waals surface area (Å²) in [5.41, 5.74) is 4.19. The van der Waals surface area contributed by atoms with Crippen LogP contribution in [0.25, 0.3) is 16.7 Å². The first-order valence-electron chi connectivity index (χ1n) is 6.26. The fourth-order valence-electron chi connectivity index (χ4n) is 2.30. The average Bonchev–Trinajstić information content (AvgIpc) is 2.75. The topological polar surface area (TPSA) is 29.9 Å². The van der Waals surface area contributed by atoms with Crippen LogP contribution >= 0.6 is 44.1 Å². The van der Waals surface area contributed by atoms with Gasteiger partial charge in [-0.3, -0.25) is 4.57 Å². The number of methoxy groups -OCH3 is 1. The summed E-state index contributed by atoms with van der Waals surface area (Å²) >= 11 is 12.6. The molecule has 0 amide bonds. The molecule has 21 heavy (non-hydrogen) atoms. The summed E-state index contributed by atoms with van der Waals surface area (Å²) in [6, 6.07) is 10.1. The number of aromatic amines is 1. The number of hydrogen-bond acceptors (Lipinski definition) is 2. The van der Waals surface area contributed by atoms with E-state index in [0.717, 1.165) is 31.4 Å². The number of benzene rings is 2. The van der Waals surface area contributed by atoms with E-state index >= 15 is 0 Å². The molecule has 0 aliphatic rings. The predicted molar refractivity (Wildman–Crippen MR) is 95.1 cm³/mol. The van der Waals surface area contributed by atoms with Crippen molar-refractivity contribution in [2.24, 2.45) is 0 Å². The van der Waals surface area contributed by atoms with Gasteiger partial charge in [0.15, 0.2) is 4.77 Å². The third kappa shape index (κ3) is 2.56. The number of nitrogens with zero attached hydrogens (tertiary/aromatic N) is 1. The molecule has 0 bridgehead atoms. The summed E-state index contributed by atoms with van der Waals surface area (Å²) in [5.74, 6) is 0.761. The lowest BCUT2D eigenvalue weighted by Crippen LogP contribution is -1.97. The molecule has 0 spiro atoms. The number of aromatic nitrogens is 2. The van der Waals surface area contributed by atoms with Crippen LogP contribution in [0.3, 0.4) is 0 Å². The van der Waals surface area contributed by atoms with Gasteiger partial charge in [-0.05, 0) is 74.8 Å². The molecule has 0 aliphatic heterocycles. The van der Waals surface area contributed by atoms with Crippen molar-refractivity contribution in [3.63, 3.8) is 0 Å². The van der Waals surface area contributed by atoms with Crippen LogP contribution in [0.15, 0.2) is 39.3 Å². The fraction of sp³-hybridized carbons (Fsp3) is 0.133. The molecule has 2 aromatic carbocycles. The maximum Gasteiger partial charge on any atom is 0.182 e. The zero-order chi connectivity index (χ0) is 15.1. The number of halogens is 2. The van der Waals surface area contributed by atoms with Crippen LogP contribution in [-0.2, 0) is 0 Å². The second-order valence-electron chi connectivity index (χ2n) is 4.72. The molecule has 1 heterocycles. The number of aryl methyl sites for hydroxylation is 1. The van der Waals surface area contributed by atoms with Gasteiger partial charge in [-0.15, -0.1) is 0 Å². The van der Waals surface area contributed by atoms with E-state index in [0.29, 0.717) is 4.77 Å². The molecule has 108 valence electrons. The van der Waals surface area contributed by atoms with Crippen LogP contribution in [0.1, 0.15) is 5.56 Å². The van der Waals surface area contributed by atoms with Crippen LogP contribution in [0.5, 0.6) is 5.75 Å². The molecule has 1 N–H and O–H groups in total. The highest BCUT2D eigenvalue weighted by Crippen LogP contribution is 2.35. The number of fused-ring (bicyclic) bond motifs is 1. The van der Waals surface area contributed by atoms with Crippen molar-refractivity contribution < 1.29 is 4.74 Å². The lowest BCUT2D eigenvalue weighted by molar-refractivity contribution is 0.412. The van der Waals surface area contributed by atoms with E-state index in [2.05, 4.69) is 55.9 Å². The van der Waals surface area contributed by atoms with Crippen molar-refractivity contribution in [3.8, 4) is 11.4 Å². The first kappa shape index (κ1) is 14.8. The summed E-state index contributed by atoms with van der Waals surface area (Å²) in [4.78, 5) is 3.24. The average molecular weight is 428 g/mol. The number of hydrogen-bond donors (Lipinski definition) is 1. The summed E-state index contributed by atoms with van der Waals surface area (Å²) in [6.07, 6.45) is 0. The molecular weight excluding hydrogens is 416 g/mol. The van der Waals surface area contributed by atoms with Crippen molar-refractivity contribution in [2.75, 3.05) is 7.11 Å². The van der Waals surface area contributed by atoms with E-state index in [1.165, 1.54) is 5.56 Å². The minimum atomic E-state index is 0.653. The maximum atomic E-state index is 5.48. The van der Waals surface area contributed by atoms with E-state index in [4.69, 9.17) is 17.0 Å². The van der Waals surface area contributed by atoms with Crippen molar-refractivity contribution in [1.82, 2.24) is 9.55 Å². The zero-order valence-corrected chi connectivity index (χ0v) is 15.4. The first-order chi connectivity index (χ1) is 10.0. The highest BCUT2D eigenvalue weighted by Gasteiger charge is 2.13. The van der Waals surface area contributed by atoms with Gasteiger partial charge in [-0.2, -0.15) is 0 Å². The van der Waals surface area contributed by atoms with Gasteiger partial charge in [0.1, 0.15) is 5.75 Å². The number of ether oxygens (including phenoxy) is 1. The van der Waals surface area contributed by atoms with Gasteiger partial charge in [0, 0.05) is 10.5 Å². The van der Waals surface area contributed by atoms with Crippen molar-refractivity contribution >= 4 is 55.1 Å². The van der Waals surface area contributed by atoms with Crippen LogP contribution in [0.4, 0.5) is 0 Å². The Hall–Kier alpha value is -1.11. The van der Waals surface area contributed by atoms with E-state index in [9.17, 15) is 0 Å². The van der Waals surface area contributed by atoms with Crippen LogP contribution < -0.4 is 4.74 Å². The lowest BCUT2D eigenvalue weighted by atomic mass is 10.2. The van der Waals surface area contributed by atoms with Gasteiger partial charge in [0.25, 0.3) is 0 Å². The zero-order valence-electron chi connectivity index (χ0n) is 11.4. The monoisotopic (exact) mass is 426 g/mol. The Morgan fingerprint density at radius 3 is 2.62 bits per heavy atom. The normalized spacial score (nSPS) is 11.0. The smallest absolute Gasteiger partial charge is 0.182 e. The molecule has 0 radical (unpaired) electrons. The van der Waals surface area contributed by atoms with Crippen LogP contribution in [0.2, 0.25) is 0 Å². The van der Waals surface area contributed by atoms with Gasteiger partial charge < -0.3 is 9.72 Å². The van der Waals surface area contributed by atoms with Gasteiger partial charge in [-0.1, -0.05) is 6.07 Å². The number of rotatable bonds is 2. The molecule has 0 saturated carbocycles. The Bertz CT molecular complexity index is 899.